The van der Waals surface area contributed by atoms with E-state index in [2.05, 4.69) is 10.4 Å². The molecule has 1 heterocycles. The monoisotopic (exact) mass is 346 g/mol. The fourth-order valence-corrected chi connectivity index (χ4v) is 2.67. The molecule has 0 unspecified atom stereocenters. The first-order valence-corrected chi connectivity index (χ1v) is 8.10. The van der Waals surface area contributed by atoms with Crippen molar-refractivity contribution in [3.8, 4) is 11.5 Å². The highest BCUT2D eigenvalue weighted by molar-refractivity contribution is 5.91. The summed E-state index contributed by atoms with van der Waals surface area (Å²) in [5.41, 5.74) is 3.92. The van der Waals surface area contributed by atoms with Crippen molar-refractivity contribution in [1.29, 1.82) is 0 Å². The quantitative estimate of drug-likeness (QED) is 0.873. The second-order valence-corrected chi connectivity index (χ2v) is 5.94. The number of likely N-dealkylation sites (N-methyl/N-ethyl adjacent to an activating group) is 1. The maximum Gasteiger partial charge on any atom is 0.321 e. The van der Waals surface area contributed by atoms with E-state index in [1.165, 1.54) is 5.56 Å². The molecule has 0 spiro atoms. The molecule has 0 radical (unpaired) electrons. The van der Waals surface area contributed by atoms with Crippen LogP contribution in [0.2, 0.25) is 0 Å². The maximum atomic E-state index is 12.4. The van der Waals surface area contributed by atoms with Crippen molar-refractivity contribution in [3.63, 3.8) is 0 Å². The highest BCUT2D eigenvalue weighted by Crippen LogP contribution is 2.29. The first kappa shape index (κ1) is 18.6. The number of rotatable bonds is 6. The largest absolute Gasteiger partial charge is 0.497 e. The molecular formula is C18H26N4O3. The van der Waals surface area contributed by atoms with Crippen LogP contribution in [0.25, 0.3) is 0 Å². The van der Waals surface area contributed by atoms with Gasteiger partial charge in [-0.1, -0.05) is 0 Å². The number of aryl methyl sites for hydroxylation is 2. The third-order valence-corrected chi connectivity index (χ3v) is 4.35. The summed E-state index contributed by atoms with van der Waals surface area (Å²) in [4.78, 5) is 14.1. The predicted octanol–water partition coefficient (Wildman–Crippen LogP) is 2.76. The molecule has 1 N–H and O–H groups in total. The molecular weight excluding hydrogens is 320 g/mol. The van der Waals surface area contributed by atoms with Crippen molar-refractivity contribution >= 4 is 11.7 Å². The highest BCUT2D eigenvalue weighted by Gasteiger charge is 2.15. The molecule has 0 saturated heterocycles. The predicted molar refractivity (Wildman–Crippen MR) is 97.6 cm³/mol. The van der Waals surface area contributed by atoms with Gasteiger partial charge in [0.1, 0.15) is 11.5 Å². The number of aromatic nitrogens is 2. The van der Waals surface area contributed by atoms with Crippen LogP contribution in [0.5, 0.6) is 11.5 Å². The third-order valence-electron chi connectivity index (χ3n) is 4.35. The van der Waals surface area contributed by atoms with Crippen molar-refractivity contribution in [2.24, 2.45) is 7.05 Å². The number of nitrogens with one attached hydrogen (secondary N) is 1. The molecule has 0 fully saturated rings. The topological polar surface area (TPSA) is 68.6 Å². The smallest absolute Gasteiger partial charge is 0.321 e. The Kier molecular flexibility index (Phi) is 5.90. The molecule has 25 heavy (non-hydrogen) atoms. The van der Waals surface area contributed by atoms with Gasteiger partial charge in [-0.25, -0.2) is 4.79 Å². The fraction of sp³-hybridized carbons (Fsp3) is 0.444. The number of nitrogens with zero attached hydrogens (tertiary/aromatic N) is 3. The van der Waals surface area contributed by atoms with Crippen LogP contribution in [-0.4, -0.2) is 48.5 Å². The van der Waals surface area contributed by atoms with Gasteiger partial charge in [0, 0.05) is 32.4 Å². The summed E-state index contributed by atoms with van der Waals surface area (Å²) in [6.07, 6.45) is 0.759. The lowest BCUT2D eigenvalue weighted by atomic mass is 10.1. The molecule has 2 aromatic rings. The molecule has 1 aromatic carbocycles. The molecule has 0 saturated carbocycles. The zero-order chi connectivity index (χ0) is 18.6. The van der Waals surface area contributed by atoms with Crippen LogP contribution < -0.4 is 14.8 Å². The number of hydrogen-bond acceptors (Lipinski definition) is 4. The number of carbonyl (C=O) groups is 1. The number of anilines is 1. The minimum absolute atomic E-state index is 0.192. The van der Waals surface area contributed by atoms with E-state index in [1.54, 1.807) is 44.4 Å². The average Bonchev–Trinajstić information content (AvgIpc) is 2.85. The highest BCUT2D eigenvalue weighted by atomic mass is 16.5. The Labute approximate surface area is 148 Å². The number of amides is 2. The number of benzene rings is 1. The number of ether oxygens (including phenoxy) is 2. The minimum atomic E-state index is -0.192. The second-order valence-electron chi connectivity index (χ2n) is 5.94. The average molecular weight is 346 g/mol. The molecule has 0 atom stereocenters. The van der Waals surface area contributed by atoms with Gasteiger partial charge in [-0.2, -0.15) is 5.10 Å². The summed E-state index contributed by atoms with van der Waals surface area (Å²) in [7, 11) is 6.84. The van der Waals surface area contributed by atoms with Gasteiger partial charge in [-0.3, -0.25) is 4.68 Å². The maximum absolute atomic E-state index is 12.4. The van der Waals surface area contributed by atoms with Crippen LogP contribution in [0.3, 0.4) is 0 Å². The van der Waals surface area contributed by atoms with Crippen LogP contribution >= 0.6 is 0 Å². The molecule has 136 valence electrons. The third kappa shape index (κ3) is 4.23. The van der Waals surface area contributed by atoms with Crippen molar-refractivity contribution in [2.75, 3.05) is 33.1 Å². The Morgan fingerprint density at radius 3 is 2.56 bits per heavy atom. The fourth-order valence-electron chi connectivity index (χ4n) is 2.67. The van der Waals surface area contributed by atoms with Crippen LogP contribution in [0.15, 0.2) is 18.2 Å². The van der Waals surface area contributed by atoms with Crippen molar-refractivity contribution < 1.29 is 14.3 Å². The minimum Gasteiger partial charge on any atom is -0.497 e. The zero-order valence-corrected chi connectivity index (χ0v) is 15.7. The molecule has 0 aliphatic carbocycles. The van der Waals surface area contributed by atoms with Crippen LogP contribution in [-0.2, 0) is 13.5 Å². The van der Waals surface area contributed by atoms with Crippen molar-refractivity contribution in [3.05, 3.63) is 35.2 Å². The van der Waals surface area contributed by atoms with Crippen molar-refractivity contribution in [2.45, 2.75) is 20.3 Å². The van der Waals surface area contributed by atoms with Gasteiger partial charge in [-0.05, 0) is 38.0 Å². The van der Waals surface area contributed by atoms with E-state index >= 15 is 0 Å². The Bertz CT molecular complexity index is 755. The normalized spacial score (nSPS) is 10.5. The van der Waals surface area contributed by atoms with E-state index in [0.29, 0.717) is 23.7 Å². The van der Waals surface area contributed by atoms with Gasteiger partial charge in [0.2, 0.25) is 0 Å². The van der Waals surface area contributed by atoms with Crippen LogP contribution in [0, 0.1) is 13.8 Å². The first-order valence-electron chi connectivity index (χ1n) is 8.10. The summed E-state index contributed by atoms with van der Waals surface area (Å²) < 4.78 is 12.3. The summed E-state index contributed by atoms with van der Waals surface area (Å²) in [6, 6.07) is 5.08. The zero-order valence-electron chi connectivity index (χ0n) is 15.7. The molecule has 1 aromatic heterocycles. The number of methoxy groups -OCH3 is 2. The van der Waals surface area contributed by atoms with Gasteiger partial charge in [-0.15, -0.1) is 0 Å². The van der Waals surface area contributed by atoms with E-state index in [0.717, 1.165) is 17.8 Å². The molecule has 0 aliphatic rings. The second kappa shape index (κ2) is 7.92. The summed E-state index contributed by atoms with van der Waals surface area (Å²) in [5, 5.41) is 7.28. The Hall–Kier alpha value is -2.70. The Balaban J connectivity index is 2.01. The summed E-state index contributed by atoms with van der Waals surface area (Å²) >= 11 is 0. The molecule has 7 nitrogen and oxygen atoms in total. The molecule has 7 heteroatoms. The first-order chi connectivity index (χ1) is 11.9. The standard InChI is InChI=1S/C18H26N4O3/c1-12-15(13(2)22(4)20-12)9-10-21(3)18(23)19-16-8-7-14(24-5)11-17(16)25-6/h7-8,11H,9-10H2,1-6H3,(H,19,23). The van der Waals surface area contributed by atoms with E-state index < -0.39 is 0 Å². The summed E-state index contributed by atoms with van der Waals surface area (Å²) in [6.45, 7) is 4.62. The Morgan fingerprint density at radius 1 is 1.28 bits per heavy atom. The van der Waals surface area contributed by atoms with E-state index in [1.807, 2.05) is 25.6 Å². The number of hydrogen-bond donors (Lipinski definition) is 1. The van der Waals surface area contributed by atoms with Gasteiger partial charge >= 0.3 is 6.03 Å². The summed E-state index contributed by atoms with van der Waals surface area (Å²) in [5.74, 6) is 1.23. The lowest BCUT2D eigenvalue weighted by molar-refractivity contribution is 0.223. The van der Waals surface area contributed by atoms with E-state index in [-0.39, 0.29) is 6.03 Å². The van der Waals surface area contributed by atoms with Gasteiger partial charge in [0.05, 0.1) is 25.6 Å². The van der Waals surface area contributed by atoms with E-state index in [4.69, 9.17) is 9.47 Å². The number of urea groups is 1. The van der Waals surface area contributed by atoms with Gasteiger partial charge in [0.15, 0.2) is 0 Å². The van der Waals surface area contributed by atoms with Gasteiger partial charge < -0.3 is 19.7 Å². The van der Waals surface area contributed by atoms with E-state index in [9.17, 15) is 4.79 Å². The lowest BCUT2D eigenvalue weighted by Gasteiger charge is -2.19. The SMILES string of the molecule is COc1ccc(NC(=O)N(C)CCc2c(C)nn(C)c2C)c(OC)c1. The molecule has 2 rings (SSSR count). The van der Waals surface area contributed by atoms with Crippen molar-refractivity contribution in [1.82, 2.24) is 14.7 Å². The number of carbonyl (C=O) groups excluding carboxylic acids is 1. The van der Waals surface area contributed by atoms with Gasteiger partial charge in [0.25, 0.3) is 0 Å². The molecule has 0 bridgehead atoms. The molecule has 0 aliphatic heterocycles. The lowest BCUT2D eigenvalue weighted by Crippen LogP contribution is -2.33. The Morgan fingerprint density at radius 2 is 2.00 bits per heavy atom. The van der Waals surface area contributed by atoms with Crippen LogP contribution in [0.1, 0.15) is 17.0 Å². The molecule has 2 amide bonds. The van der Waals surface area contributed by atoms with Crippen LogP contribution in [0.4, 0.5) is 10.5 Å².